The van der Waals surface area contributed by atoms with E-state index in [9.17, 15) is 0 Å². The number of aliphatic imine (C=N–C) groups is 1. The monoisotopic (exact) mass is 154 g/mol. The van der Waals surface area contributed by atoms with Gasteiger partial charge in [0, 0.05) is 24.5 Å². The first-order chi connectivity index (χ1) is 5.20. The lowest BCUT2D eigenvalue weighted by Crippen LogP contribution is -2.10. The topological polar surface area (TPSA) is 24.4 Å². The minimum Gasteiger partial charge on any atom is -0.389 e. The molecule has 0 aliphatic heterocycles. The van der Waals surface area contributed by atoms with Gasteiger partial charge in [0.1, 0.15) is 0 Å². The van der Waals surface area contributed by atoms with Gasteiger partial charge in [-0.2, -0.15) is 0 Å². The number of rotatable bonds is 4. The first kappa shape index (κ1) is 10.2. The SMILES string of the molecule is CCN=C(C)C=C(C)NCC. The zero-order valence-corrected chi connectivity index (χ0v) is 7.94. The first-order valence-electron chi connectivity index (χ1n) is 4.13. The third-order valence-corrected chi connectivity index (χ3v) is 1.29. The molecule has 0 radical (unpaired) electrons. The number of nitrogens with one attached hydrogen (secondary N) is 1. The van der Waals surface area contributed by atoms with E-state index in [2.05, 4.69) is 30.2 Å². The van der Waals surface area contributed by atoms with Crippen molar-refractivity contribution < 1.29 is 0 Å². The molecule has 0 saturated heterocycles. The molecule has 2 nitrogen and oxygen atoms in total. The molecule has 0 atom stereocenters. The Hall–Kier alpha value is -0.790. The molecule has 0 heterocycles. The van der Waals surface area contributed by atoms with Gasteiger partial charge in [-0.25, -0.2) is 0 Å². The average molecular weight is 154 g/mol. The molecule has 0 unspecified atom stereocenters. The van der Waals surface area contributed by atoms with Crippen LogP contribution in [0.5, 0.6) is 0 Å². The largest absolute Gasteiger partial charge is 0.389 e. The summed E-state index contributed by atoms with van der Waals surface area (Å²) >= 11 is 0. The maximum absolute atomic E-state index is 4.25. The van der Waals surface area contributed by atoms with Gasteiger partial charge in [-0.15, -0.1) is 0 Å². The predicted octanol–water partition coefficient (Wildman–Crippen LogP) is 1.98. The summed E-state index contributed by atoms with van der Waals surface area (Å²) in [4.78, 5) is 4.25. The number of hydrogen-bond acceptors (Lipinski definition) is 2. The van der Waals surface area contributed by atoms with Gasteiger partial charge in [-0.3, -0.25) is 4.99 Å². The van der Waals surface area contributed by atoms with Crippen LogP contribution >= 0.6 is 0 Å². The van der Waals surface area contributed by atoms with Gasteiger partial charge in [0.05, 0.1) is 0 Å². The number of allylic oxidation sites excluding steroid dienone is 2. The second kappa shape index (κ2) is 5.96. The molecule has 2 heteroatoms. The second-order valence-electron chi connectivity index (χ2n) is 2.47. The van der Waals surface area contributed by atoms with E-state index in [4.69, 9.17) is 0 Å². The molecule has 64 valence electrons. The summed E-state index contributed by atoms with van der Waals surface area (Å²) in [5, 5.41) is 3.22. The lowest BCUT2D eigenvalue weighted by molar-refractivity contribution is 0.855. The molecule has 0 rings (SSSR count). The van der Waals surface area contributed by atoms with Gasteiger partial charge in [0.25, 0.3) is 0 Å². The predicted molar refractivity (Wildman–Crippen MR) is 51.1 cm³/mol. The van der Waals surface area contributed by atoms with E-state index < -0.39 is 0 Å². The molecular formula is C9H18N2. The van der Waals surface area contributed by atoms with Crippen LogP contribution in [0, 0.1) is 0 Å². The molecule has 1 N–H and O–H groups in total. The first-order valence-corrected chi connectivity index (χ1v) is 4.13. The fourth-order valence-corrected chi connectivity index (χ4v) is 0.938. The zero-order chi connectivity index (χ0) is 8.69. The summed E-state index contributed by atoms with van der Waals surface area (Å²) in [6.07, 6.45) is 2.06. The van der Waals surface area contributed by atoms with Crippen molar-refractivity contribution in [2.75, 3.05) is 13.1 Å². The van der Waals surface area contributed by atoms with E-state index in [-0.39, 0.29) is 0 Å². The maximum Gasteiger partial charge on any atom is 0.0364 e. The van der Waals surface area contributed by atoms with Gasteiger partial charge in [0.2, 0.25) is 0 Å². The van der Waals surface area contributed by atoms with Crippen LogP contribution in [0.3, 0.4) is 0 Å². The fraction of sp³-hybridized carbons (Fsp3) is 0.667. The Morgan fingerprint density at radius 1 is 1.36 bits per heavy atom. The van der Waals surface area contributed by atoms with E-state index in [0.29, 0.717) is 0 Å². The van der Waals surface area contributed by atoms with Crippen molar-refractivity contribution in [3.05, 3.63) is 11.8 Å². The van der Waals surface area contributed by atoms with Crippen molar-refractivity contribution in [1.82, 2.24) is 5.32 Å². The molecule has 0 bridgehead atoms. The second-order valence-corrected chi connectivity index (χ2v) is 2.47. The van der Waals surface area contributed by atoms with Crippen LogP contribution in [-0.2, 0) is 0 Å². The van der Waals surface area contributed by atoms with Gasteiger partial charge >= 0.3 is 0 Å². The van der Waals surface area contributed by atoms with Crippen LogP contribution in [0.2, 0.25) is 0 Å². The van der Waals surface area contributed by atoms with Crippen LogP contribution in [0.25, 0.3) is 0 Å². The molecule has 0 aliphatic rings. The number of nitrogens with zero attached hydrogens (tertiary/aromatic N) is 1. The quantitative estimate of drug-likeness (QED) is 0.615. The van der Waals surface area contributed by atoms with E-state index in [1.165, 1.54) is 5.70 Å². The molecule has 0 spiro atoms. The highest BCUT2D eigenvalue weighted by Crippen LogP contribution is 1.88. The zero-order valence-electron chi connectivity index (χ0n) is 7.94. The minimum absolute atomic E-state index is 0.863. The molecule has 0 aliphatic carbocycles. The summed E-state index contributed by atoms with van der Waals surface area (Å²) in [5.41, 5.74) is 2.27. The highest BCUT2D eigenvalue weighted by molar-refractivity contribution is 5.93. The van der Waals surface area contributed by atoms with E-state index in [1.54, 1.807) is 0 Å². The minimum atomic E-state index is 0.863. The lowest BCUT2D eigenvalue weighted by Gasteiger charge is -2.01. The van der Waals surface area contributed by atoms with Gasteiger partial charge in [0.15, 0.2) is 0 Å². The average Bonchev–Trinajstić information content (AvgIpc) is 1.87. The van der Waals surface area contributed by atoms with Gasteiger partial charge in [-0.05, 0) is 33.8 Å². The Kier molecular flexibility index (Phi) is 5.53. The van der Waals surface area contributed by atoms with Crippen LogP contribution in [0.4, 0.5) is 0 Å². The summed E-state index contributed by atoms with van der Waals surface area (Å²) in [6, 6.07) is 0. The summed E-state index contributed by atoms with van der Waals surface area (Å²) in [5.74, 6) is 0. The van der Waals surface area contributed by atoms with Crippen LogP contribution < -0.4 is 5.32 Å². The van der Waals surface area contributed by atoms with E-state index in [0.717, 1.165) is 18.8 Å². The van der Waals surface area contributed by atoms with Gasteiger partial charge < -0.3 is 5.32 Å². The van der Waals surface area contributed by atoms with Crippen LogP contribution in [0.15, 0.2) is 16.8 Å². The van der Waals surface area contributed by atoms with Crippen molar-refractivity contribution >= 4 is 5.71 Å². The fourth-order valence-electron chi connectivity index (χ4n) is 0.938. The normalized spacial score (nSPS) is 13.5. The maximum atomic E-state index is 4.25. The Morgan fingerprint density at radius 2 is 2.00 bits per heavy atom. The third-order valence-electron chi connectivity index (χ3n) is 1.29. The highest BCUT2D eigenvalue weighted by Gasteiger charge is 1.86. The summed E-state index contributed by atoms with van der Waals surface area (Å²) in [6.45, 7) is 10.0. The summed E-state index contributed by atoms with van der Waals surface area (Å²) < 4.78 is 0. The van der Waals surface area contributed by atoms with Crippen molar-refractivity contribution in [3.8, 4) is 0 Å². The van der Waals surface area contributed by atoms with Crippen molar-refractivity contribution in [3.63, 3.8) is 0 Å². The van der Waals surface area contributed by atoms with Crippen molar-refractivity contribution in [2.45, 2.75) is 27.7 Å². The molecule has 0 amide bonds. The Bertz CT molecular complexity index is 157. The molecule has 0 aromatic rings. The van der Waals surface area contributed by atoms with E-state index in [1.807, 2.05) is 13.8 Å². The van der Waals surface area contributed by atoms with Crippen LogP contribution in [-0.4, -0.2) is 18.8 Å². The Balaban J connectivity index is 3.96. The Labute approximate surface area is 69.4 Å². The van der Waals surface area contributed by atoms with Crippen molar-refractivity contribution in [1.29, 1.82) is 0 Å². The smallest absolute Gasteiger partial charge is 0.0364 e. The third kappa shape index (κ3) is 5.64. The van der Waals surface area contributed by atoms with Crippen LogP contribution in [0.1, 0.15) is 27.7 Å². The number of hydrogen-bond donors (Lipinski definition) is 1. The Morgan fingerprint density at radius 3 is 2.45 bits per heavy atom. The van der Waals surface area contributed by atoms with E-state index >= 15 is 0 Å². The van der Waals surface area contributed by atoms with Crippen molar-refractivity contribution in [2.24, 2.45) is 4.99 Å². The standard InChI is InChI=1S/C9H18N2/c1-5-10-8(3)7-9(4)11-6-2/h7,10H,5-6H2,1-4H3. The molecule has 0 fully saturated rings. The summed E-state index contributed by atoms with van der Waals surface area (Å²) in [7, 11) is 0. The lowest BCUT2D eigenvalue weighted by atomic mass is 10.3. The highest BCUT2D eigenvalue weighted by atomic mass is 14.9. The molecule has 0 aromatic heterocycles. The molecule has 11 heavy (non-hydrogen) atoms. The van der Waals surface area contributed by atoms with Gasteiger partial charge in [-0.1, -0.05) is 0 Å². The molecule has 0 saturated carbocycles. The molecular weight excluding hydrogens is 136 g/mol. The molecule has 0 aromatic carbocycles.